The van der Waals surface area contributed by atoms with Crippen LogP contribution in [-0.4, -0.2) is 71.0 Å². The molecule has 0 spiro atoms. The van der Waals surface area contributed by atoms with Crippen molar-refractivity contribution in [3.63, 3.8) is 0 Å². The van der Waals surface area contributed by atoms with Gasteiger partial charge in [0.15, 0.2) is 11.5 Å². The Bertz CT molecular complexity index is 1160. The Hall–Kier alpha value is -3.31. The number of hydrogen-bond acceptors (Lipinski definition) is 7. The molecule has 196 valence electrons. The lowest BCUT2D eigenvalue weighted by molar-refractivity contribution is -0.115. The second-order valence-corrected chi connectivity index (χ2v) is 10.6. The van der Waals surface area contributed by atoms with Crippen molar-refractivity contribution in [2.75, 3.05) is 41.1 Å². The Morgan fingerprint density at radius 3 is 2.36 bits per heavy atom. The van der Waals surface area contributed by atoms with Crippen LogP contribution in [0.5, 0.6) is 17.2 Å². The van der Waals surface area contributed by atoms with Crippen molar-refractivity contribution in [2.45, 2.75) is 37.1 Å². The molecule has 4 rings (SSSR count). The lowest BCUT2D eigenvalue weighted by atomic mass is 10.1. The van der Waals surface area contributed by atoms with E-state index >= 15 is 0 Å². The Balaban J connectivity index is 0.000000658. The van der Waals surface area contributed by atoms with E-state index in [0.717, 1.165) is 37.7 Å². The fourth-order valence-electron chi connectivity index (χ4n) is 3.78. The van der Waals surface area contributed by atoms with E-state index in [1.54, 1.807) is 26.2 Å². The maximum atomic E-state index is 13.1. The molecule has 0 atom stereocenters. The maximum absolute atomic E-state index is 13.1. The monoisotopic (exact) mass is 519 g/mol. The Labute approximate surface area is 212 Å². The van der Waals surface area contributed by atoms with E-state index in [-0.39, 0.29) is 23.8 Å². The van der Waals surface area contributed by atoms with Crippen molar-refractivity contribution in [3.05, 3.63) is 47.5 Å². The summed E-state index contributed by atoms with van der Waals surface area (Å²) in [6.45, 7) is 1.43. The molecular weight excluding hydrogens is 486 g/mol. The standard InChI is InChI=1S/C22H26N2O6S.C3H7NO/c1-28-19-9-7-17(31(26,27)24-10-4-2-3-5-11-24)13-18(19)22(25)23-14-16-6-8-20-21(12-16)30-15-29-20;1-4(2)3-5/h6-9,12-13H,2-5,10-11,14-15H2,1H3,(H,23,25);3H,1-2H3. The van der Waals surface area contributed by atoms with Gasteiger partial charge in [-0.1, -0.05) is 18.9 Å². The summed E-state index contributed by atoms with van der Waals surface area (Å²) in [5, 5.41) is 2.83. The van der Waals surface area contributed by atoms with Crippen molar-refractivity contribution < 1.29 is 32.2 Å². The lowest BCUT2D eigenvalue weighted by Crippen LogP contribution is -2.32. The number of hydrogen-bond donors (Lipinski definition) is 1. The normalized spacial score (nSPS) is 15.2. The molecule has 1 N–H and O–H groups in total. The topological polar surface area (TPSA) is 114 Å². The van der Waals surface area contributed by atoms with Gasteiger partial charge in [-0.05, 0) is 48.7 Å². The molecule has 1 fully saturated rings. The summed E-state index contributed by atoms with van der Waals surface area (Å²) >= 11 is 0. The third kappa shape index (κ3) is 6.88. The van der Waals surface area contributed by atoms with Crippen LogP contribution in [0.2, 0.25) is 0 Å². The number of nitrogens with zero attached hydrogens (tertiary/aromatic N) is 2. The number of benzene rings is 2. The number of methoxy groups -OCH3 is 1. The Morgan fingerprint density at radius 2 is 1.72 bits per heavy atom. The molecule has 2 aliphatic heterocycles. The van der Waals surface area contributed by atoms with Crippen molar-refractivity contribution in [1.82, 2.24) is 14.5 Å². The average Bonchev–Trinajstić information content (AvgIpc) is 3.17. The fourth-order valence-corrected chi connectivity index (χ4v) is 5.33. The van der Waals surface area contributed by atoms with Gasteiger partial charge in [-0.25, -0.2) is 8.42 Å². The predicted octanol–water partition coefficient (Wildman–Crippen LogP) is 2.62. The van der Waals surface area contributed by atoms with Gasteiger partial charge < -0.3 is 24.4 Å². The predicted molar refractivity (Wildman–Crippen MR) is 134 cm³/mol. The number of sulfonamides is 1. The Kier molecular flexibility index (Phi) is 9.54. The SMILES string of the molecule is CN(C)C=O.COc1ccc(S(=O)(=O)N2CCCCCC2)cc1C(=O)NCc1ccc2c(c1)OCO2. The van der Waals surface area contributed by atoms with Crippen LogP contribution in [0, 0.1) is 0 Å². The summed E-state index contributed by atoms with van der Waals surface area (Å²) in [4.78, 5) is 23.9. The zero-order chi connectivity index (χ0) is 26.1. The fraction of sp³-hybridized carbons (Fsp3) is 0.440. The number of ether oxygens (including phenoxy) is 3. The highest BCUT2D eigenvalue weighted by atomic mass is 32.2. The van der Waals surface area contributed by atoms with Gasteiger partial charge in [-0.3, -0.25) is 9.59 Å². The van der Waals surface area contributed by atoms with E-state index in [9.17, 15) is 18.0 Å². The highest BCUT2D eigenvalue weighted by molar-refractivity contribution is 7.89. The van der Waals surface area contributed by atoms with Gasteiger partial charge >= 0.3 is 0 Å². The third-order valence-electron chi connectivity index (χ3n) is 5.72. The molecule has 0 bridgehead atoms. The summed E-state index contributed by atoms with van der Waals surface area (Å²) in [7, 11) is 1.15. The third-order valence-corrected chi connectivity index (χ3v) is 7.61. The van der Waals surface area contributed by atoms with Gasteiger partial charge in [-0.15, -0.1) is 0 Å². The molecule has 1 saturated heterocycles. The van der Waals surface area contributed by atoms with Crippen molar-refractivity contribution in [3.8, 4) is 17.2 Å². The minimum Gasteiger partial charge on any atom is -0.496 e. The molecular formula is C25H33N3O7S. The Morgan fingerprint density at radius 1 is 1.06 bits per heavy atom. The van der Waals surface area contributed by atoms with Crippen LogP contribution in [-0.2, 0) is 21.4 Å². The maximum Gasteiger partial charge on any atom is 0.255 e. The first-order chi connectivity index (χ1) is 17.3. The number of nitrogens with one attached hydrogen (secondary N) is 1. The molecule has 0 saturated carbocycles. The molecule has 2 aliphatic rings. The molecule has 2 amide bonds. The molecule has 0 aromatic heterocycles. The molecule has 11 heteroatoms. The first-order valence-electron chi connectivity index (χ1n) is 11.7. The van der Waals surface area contributed by atoms with Crippen LogP contribution in [0.4, 0.5) is 0 Å². The largest absolute Gasteiger partial charge is 0.496 e. The second kappa shape index (κ2) is 12.6. The quantitative estimate of drug-likeness (QED) is 0.559. The van der Waals surface area contributed by atoms with E-state index in [1.165, 1.54) is 34.5 Å². The van der Waals surface area contributed by atoms with Gasteiger partial charge in [0.1, 0.15) is 5.75 Å². The van der Waals surface area contributed by atoms with Crippen LogP contribution in [0.3, 0.4) is 0 Å². The number of amides is 2. The van der Waals surface area contributed by atoms with Crippen LogP contribution < -0.4 is 19.5 Å². The van der Waals surface area contributed by atoms with Crippen LogP contribution >= 0.6 is 0 Å². The smallest absolute Gasteiger partial charge is 0.255 e. The van der Waals surface area contributed by atoms with E-state index in [2.05, 4.69) is 5.32 Å². The van der Waals surface area contributed by atoms with Gasteiger partial charge in [-0.2, -0.15) is 4.31 Å². The van der Waals surface area contributed by atoms with Crippen LogP contribution in [0.15, 0.2) is 41.3 Å². The number of carbonyl (C=O) groups is 2. The minimum absolute atomic E-state index is 0.100. The van der Waals surface area contributed by atoms with Gasteiger partial charge in [0, 0.05) is 33.7 Å². The zero-order valence-electron chi connectivity index (χ0n) is 20.9. The molecule has 36 heavy (non-hydrogen) atoms. The van der Waals surface area contributed by atoms with E-state index in [1.807, 2.05) is 6.07 Å². The van der Waals surface area contributed by atoms with Crippen molar-refractivity contribution in [2.24, 2.45) is 0 Å². The van der Waals surface area contributed by atoms with Gasteiger partial charge in [0.25, 0.3) is 5.91 Å². The number of rotatable bonds is 7. The van der Waals surface area contributed by atoms with Crippen molar-refractivity contribution >= 4 is 22.3 Å². The molecule has 0 unspecified atom stereocenters. The van der Waals surface area contributed by atoms with Crippen LogP contribution in [0.1, 0.15) is 41.6 Å². The molecule has 2 aromatic rings. The summed E-state index contributed by atoms with van der Waals surface area (Å²) in [6, 6.07) is 9.85. The molecule has 10 nitrogen and oxygen atoms in total. The number of fused-ring (bicyclic) bond motifs is 1. The van der Waals surface area contributed by atoms with Crippen LogP contribution in [0.25, 0.3) is 0 Å². The zero-order valence-corrected chi connectivity index (χ0v) is 21.7. The minimum atomic E-state index is -3.67. The second-order valence-electron chi connectivity index (χ2n) is 8.62. The summed E-state index contributed by atoms with van der Waals surface area (Å²) in [5.74, 6) is 1.21. The first-order valence-corrected chi connectivity index (χ1v) is 13.2. The highest BCUT2D eigenvalue weighted by Crippen LogP contribution is 2.32. The first kappa shape index (κ1) is 27.3. The van der Waals surface area contributed by atoms with E-state index < -0.39 is 15.9 Å². The van der Waals surface area contributed by atoms with E-state index in [4.69, 9.17) is 14.2 Å². The van der Waals surface area contributed by atoms with Gasteiger partial charge in [0.05, 0.1) is 17.6 Å². The molecule has 2 aromatic carbocycles. The summed E-state index contributed by atoms with van der Waals surface area (Å²) in [6.07, 6.45) is 4.50. The highest BCUT2D eigenvalue weighted by Gasteiger charge is 2.27. The molecule has 0 aliphatic carbocycles. The lowest BCUT2D eigenvalue weighted by Gasteiger charge is -2.20. The molecule has 0 radical (unpaired) electrons. The average molecular weight is 520 g/mol. The molecule has 2 heterocycles. The summed E-state index contributed by atoms with van der Waals surface area (Å²) < 4.78 is 43.7. The number of carbonyl (C=O) groups excluding carboxylic acids is 2. The van der Waals surface area contributed by atoms with Crippen molar-refractivity contribution in [1.29, 1.82) is 0 Å². The summed E-state index contributed by atoms with van der Waals surface area (Å²) in [5.41, 5.74) is 1.02. The van der Waals surface area contributed by atoms with Gasteiger partial charge in [0.2, 0.25) is 23.2 Å². The van der Waals surface area contributed by atoms with E-state index in [0.29, 0.717) is 30.3 Å².